The number of nitrogens with one attached hydrogen (secondary N) is 1. The number of halogens is 2. The molecule has 0 radical (unpaired) electrons. The number of methoxy groups -OCH3 is 1. The molecule has 0 bridgehead atoms. The Kier molecular flexibility index (Phi) is 6.64. The van der Waals surface area contributed by atoms with Gasteiger partial charge < -0.3 is 15.0 Å². The second kappa shape index (κ2) is 8.48. The molecule has 0 aliphatic carbocycles. The van der Waals surface area contributed by atoms with Crippen molar-refractivity contribution in [2.24, 2.45) is 10.9 Å². The zero-order valence-electron chi connectivity index (χ0n) is 13.1. The number of nitrogens with zero attached hydrogens (tertiary/aromatic N) is 2. The first-order valence-corrected chi connectivity index (χ1v) is 8.39. The number of aliphatic imine (C=N–C) groups is 1. The third-order valence-corrected chi connectivity index (χ3v) is 4.50. The van der Waals surface area contributed by atoms with Crippen molar-refractivity contribution in [3.05, 3.63) is 34.1 Å². The predicted octanol–water partition coefficient (Wildman–Crippen LogP) is 3.02. The Balaban J connectivity index is 2.05. The van der Waals surface area contributed by atoms with Gasteiger partial charge in [-0.2, -0.15) is 0 Å². The molecule has 0 saturated carbocycles. The van der Waals surface area contributed by atoms with Crippen molar-refractivity contribution in [3.8, 4) is 0 Å². The van der Waals surface area contributed by atoms with Gasteiger partial charge in [0.05, 0.1) is 13.2 Å². The first kappa shape index (κ1) is 17.2. The number of hydrogen-bond donors (Lipinski definition) is 1. The van der Waals surface area contributed by atoms with Gasteiger partial charge in [0.2, 0.25) is 0 Å². The molecule has 22 heavy (non-hydrogen) atoms. The first-order chi connectivity index (χ1) is 10.6. The maximum absolute atomic E-state index is 13.3. The standard InChI is InChI=1S/C16H23BrFN3O/c1-3-19-16(21-7-6-12(10-21)11-22-2)20-9-13-8-14(18)4-5-15(13)17/h4-5,8,12H,3,6-7,9-11H2,1-2H3,(H,19,20). The number of likely N-dealkylation sites (tertiary alicyclic amines) is 1. The monoisotopic (exact) mass is 371 g/mol. The van der Waals surface area contributed by atoms with E-state index in [2.05, 4.69) is 38.1 Å². The molecule has 1 atom stereocenters. The van der Waals surface area contributed by atoms with Gasteiger partial charge in [-0.1, -0.05) is 15.9 Å². The van der Waals surface area contributed by atoms with Crippen LogP contribution in [0.2, 0.25) is 0 Å². The molecule has 1 N–H and O–H groups in total. The average molecular weight is 372 g/mol. The SMILES string of the molecule is CCNC(=NCc1cc(F)ccc1Br)N1CCC(COC)C1. The number of rotatable bonds is 5. The fraction of sp³-hybridized carbons (Fsp3) is 0.562. The highest BCUT2D eigenvalue weighted by atomic mass is 79.9. The molecule has 1 heterocycles. The lowest BCUT2D eigenvalue weighted by Crippen LogP contribution is -2.40. The molecular formula is C16H23BrFN3O. The molecule has 0 amide bonds. The second-order valence-electron chi connectivity index (χ2n) is 5.46. The Morgan fingerprint density at radius 3 is 3.09 bits per heavy atom. The molecule has 6 heteroatoms. The van der Waals surface area contributed by atoms with Crippen LogP contribution in [-0.4, -0.2) is 44.2 Å². The van der Waals surface area contributed by atoms with Gasteiger partial charge in [-0.05, 0) is 37.1 Å². The molecule has 4 nitrogen and oxygen atoms in total. The maximum atomic E-state index is 13.3. The summed E-state index contributed by atoms with van der Waals surface area (Å²) < 4.78 is 19.5. The second-order valence-corrected chi connectivity index (χ2v) is 6.32. The normalized spacial score (nSPS) is 18.8. The summed E-state index contributed by atoms with van der Waals surface area (Å²) in [6.07, 6.45) is 1.11. The molecule has 2 rings (SSSR count). The summed E-state index contributed by atoms with van der Waals surface area (Å²) >= 11 is 3.45. The average Bonchev–Trinajstić information content (AvgIpc) is 2.95. The molecule has 122 valence electrons. The lowest BCUT2D eigenvalue weighted by atomic mass is 10.1. The molecular weight excluding hydrogens is 349 g/mol. The van der Waals surface area contributed by atoms with Crippen molar-refractivity contribution < 1.29 is 9.13 Å². The van der Waals surface area contributed by atoms with Crippen LogP contribution in [0.3, 0.4) is 0 Å². The molecule has 1 aromatic carbocycles. The summed E-state index contributed by atoms with van der Waals surface area (Å²) in [6.45, 7) is 6.02. The third-order valence-electron chi connectivity index (χ3n) is 3.73. The summed E-state index contributed by atoms with van der Waals surface area (Å²) in [5.74, 6) is 1.20. The summed E-state index contributed by atoms with van der Waals surface area (Å²) in [7, 11) is 1.74. The van der Waals surface area contributed by atoms with E-state index in [1.807, 2.05) is 0 Å². The van der Waals surface area contributed by atoms with Crippen LogP contribution < -0.4 is 5.32 Å². The summed E-state index contributed by atoms with van der Waals surface area (Å²) in [5.41, 5.74) is 0.850. The fourth-order valence-electron chi connectivity index (χ4n) is 2.65. The van der Waals surface area contributed by atoms with E-state index < -0.39 is 0 Å². The van der Waals surface area contributed by atoms with Crippen molar-refractivity contribution in [3.63, 3.8) is 0 Å². The van der Waals surface area contributed by atoms with E-state index in [0.717, 1.165) is 48.7 Å². The van der Waals surface area contributed by atoms with Gasteiger partial charge in [-0.15, -0.1) is 0 Å². The van der Waals surface area contributed by atoms with E-state index in [9.17, 15) is 4.39 Å². The molecule has 1 aliphatic rings. The zero-order valence-corrected chi connectivity index (χ0v) is 14.7. The van der Waals surface area contributed by atoms with E-state index in [1.54, 1.807) is 13.2 Å². The number of guanidine groups is 1. The topological polar surface area (TPSA) is 36.9 Å². The van der Waals surface area contributed by atoms with E-state index in [-0.39, 0.29) is 5.82 Å². The minimum atomic E-state index is -0.236. The van der Waals surface area contributed by atoms with Crippen LogP contribution in [0.1, 0.15) is 18.9 Å². The lowest BCUT2D eigenvalue weighted by molar-refractivity contribution is 0.157. The molecule has 1 aliphatic heterocycles. The minimum absolute atomic E-state index is 0.236. The van der Waals surface area contributed by atoms with E-state index >= 15 is 0 Å². The molecule has 1 fully saturated rings. The highest BCUT2D eigenvalue weighted by molar-refractivity contribution is 9.10. The highest BCUT2D eigenvalue weighted by Crippen LogP contribution is 2.20. The van der Waals surface area contributed by atoms with Gasteiger partial charge in [-0.3, -0.25) is 0 Å². The van der Waals surface area contributed by atoms with Gasteiger partial charge in [-0.25, -0.2) is 9.38 Å². The fourth-order valence-corrected chi connectivity index (χ4v) is 3.02. The molecule has 0 aromatic heterocycles. The Hall–Kier alpha value is -1.14. The number of benzene rings is 1. The van der Waals surface area contributed by atoms with Crippen molar-refractivity contribution in [1.29, 1.82) is 0 Å². The quantitative estimate of drug-likeness (QED) is 0.638. The van der Waals surface area contributed by atoms with Crippen LogP contribution in [-0.2, 0) is 11.3 Å². The third kappa shape index (κ3) is 4.68. The molecule has 1 aromatic rings. The Morgan fingerprint density at radius 1 is 1.55 bits per heavy atom. The van der Waals surface area contributed by atoms with Crippen molar-refractivity contribution in [2.75, 3.05) is 33.4 Å². The largest absolute Gasteiger partial charge is 0.384 e. The van der Waals surface area contributed by atoms with Crippen LogP contribution in [0.15, 0.2) is 27.7 Å². The maximum Gasteiger partial charge on any atom is 0.194 e. The Bertz CT molecular complexity index is 524. The predicted molar refractivity (Wildman–Crippen MR) is 90.5 cm³/mol. The number of hydrogen-bond acceptors (Lipinski definition) is 2. The van der Waals surface area contributed by atoms with Crippen LogP contribution in [0.4, 0.5) is 4.39 Å². The Labute approximate surface area is 139 Å². The van der Waals surface area contributed by atoms with E-state index in [1.165, 1.54) is 12.1 Å². The van der Waals surface area contributed by atoms with Gasteiger partial charge >= 0.3 is 0 Å². The van der Waals surface area contributed by atoms with Crippen LogP contribution >= 0.6 is 15.9 Å². The first-order valence-electron chi connectivity index (χ1n) is 7.60. The number of ether oxygens (including phenoxy) is 1. The molecule has 1 saturated heterocycles. The Morgan fingerprint density at radius 2 is 2.36 bits per heavy atom. The van der Waals surface area contributed by atoms with Crippen LogP contribution in [0.5, 0.6) is 0 Å². The van der Waals surface area contributed by atoms with Crippen molar-refractivity contribution in [1.82, 2.24) is 10.2 Å². The van der Waals surface area contributed by atoms with Crippen molar-refractivity contribution in [2.45, 2.75) is 19.9 Å². The van der Waals surface area contributed by atoms with Gasteiger partial charge in [0.1, 0.15) is 5.82 Å². The van der Waals surface area contributed by atoms with Crippen molar-refractivity contribution >= 4 is 21.9 Å². The summed E-state index contributed by atoms with van der Waals surface area (Å²) in [4.78, 5) is 6.91. The zero-order chi connectivity index (χ0) is 15.9. The van der Waals surface area contributed by atoms with Gasteiger partial charge in [0.25, 0.3) is 0 Å². The molecule has 1 unspecified atom stereocenters. The van der Waals surface area contributed by atoms with Crippen LogP contribution in [0.25, 0.3) is 0 Å². The molecule has 0 spiro atoms. The van der Waals surface area contributed by atoms with Gasteiger partial charge in [0.15, 0.2) is 5.96 Å². The smallest absolute Gasteiger partial charge is 0.194 e. The van der Waals surface area contributed by atoms with Gasteiger partial charge in [0, 0.05) is 37.1 Å². The highest BCUT2D eigenvalue weighted by Gasteiger charge is 2.24. The minimum Gasteiger partial charge on any atom is -0.384 e. The lowest BCUT2D eigenvalue weighted by Gasteiger charge is -2.21. The van der Waals surface area contributed by atoms with Crippen LogP contribution in [0, 0.1) is 11.7 Å². The van der Waals surface area contributed by atoms with E-state index in [4.69, 9.17) is 4.74 Å². The summed E-state index contributed by atoms with van der Waals surface area (Å²) in [5, 5.41) is 3.32. The van der Waals surface area contributed by atoms with E-state index in [0.29, 0.717) is 12.5 Å². The summed E-state index contributed by atoms with van der Waals surface area (Å²) in [6, 6.07) is 4.69.